The highest BCUT2D eigenvalue weighted by Crippen LogP contribution is 2.37. The van der Waals surface area contributed by atoms with Crippen LogP contribution in [0, 0.1) is 11.6 Å². The topological polar surface area (TPSA) is 64.0 Å². The van der Waals surface area contributed by atoms with E-state index >= 15 is 0 Å². The predicted octanol–water partition coefficient (Wildman–Crippen LogP) is 4.48. The van der Waals surface area contributed by atoms with Crippen LogP contribution in [0.1, 0.15) is 29.0 Å². The summed E-state index contributed by atoms with van der Waals surface area (Å²) >= 11 is 7.47. The van der Waals surface area contributed by atoms with E-state index in [0.717, 1.165) is 11.6 Å². The molecule has 0 bridgehead atoms. The summed E-state index contributed by atoms with van der Waals surface area (Å²) < 4.78 is 29.8. The number of halogens is 3. The number of amides is 1. The van der Waals surface area contributed by atoms with E-state index in [0.29, 0.717) is 15.9 Å². The highest BCUT2D eigenvalue weighted by atomic mass is 35.5. The largest absolute Gasteiger partial charge is 0.312 e. The van der Waals surface area contributed by atoms with E-state index in [1.54, 1.807) is 17.7 Å². The van der Waals surface area contributed by atoms with Crippen LogP contribution in [-0.4, -0.2) is 15.5 Å². The van der Waals surface area contributed by atoms with Crippen LogP contribution in [0.25, 0.3) is 0 Å². The van der Waals surface area contributed by atoms with Gasteiger partial charge in [-0.2, -0.15) is 4.98 Å². The fraction of sp³-hybridized carbons (Fsp3) is 0.190. The second-order valence-corrected chi connectivity index (χ2v) is 8.20. The quantitative estimate of drug-likeness (QED) is 0.473. The molecule has 1 N–H and O–H groups in total. The maximum absolute atomic E-state index is 14.4. The van der Waals surface area contributed by atoms with Crippen LogP contribution < -0.4 is 10.9 Å². The van der Waals surface area contributed by atoms with E-state index < -0.39 is 23.1 Å². The van der Waals surface area contributed by atoms with Crippen molar-refractivity contribution in [2.45, 2.75) is 23.2 Å². The van der Waals surface area contributed by atoms with Gasteiger partial charge >= 0.3 is 0 Å². The molecular formula is C21H16ClF2N3O2S. The molecule has 1 aliphatic heterocycles. The molecule has 4 rings (SSSR count). The van der Waals surface area contributed by atoms with Gasteiger partial charge in [0.25, 0.3) is 5.56 Å². The number of nitrogens with zero attached hydrogens (tertiary/aromatic N) is 2. The average Bonchev–Trinajstić information content (AvgIpc) is 2.72. The maximum atomic E-state index is 14.4. The van der Waals surface area contributed by atoms with Crippen molar-refractivity contribution in [3.05, 3.63) is 86.2 Å². The Kier molecular flexibility index (Phi) is 5.62. The number of carbonyl (C=O) groups excluding carboxylic acids is 1. The van der Waals surface area contributed by atoms with Crippen LogP contribution in [0.15, 0.2) is 52.4 Å². The van der Waals surface area contributed by atoms with Crippen molar-refractivity contribution in [1.29, 1.82) is 0 Å². The molecule has 0 saturated carbocycles. The van der Waals surface area contributed by atoms with Gasteiger partial charge in [-0.1, -0.05) is 53.7 Å². The van der Waals surface area contributed by atoms with E-state index in [-0.39, 0.29) is 29.3 Å². The molecule has 9 heteroatoms. The van der Waals surface area contributed by atoms with Crippen LogP contribution in [0.4, 0.5) is 14.6 Å². The number of anilines is 1. The lowest BCUT2D eigenvalue weighted by Gasteiger charge is -2.27. The molecule has 0 saturated heterocycles. The van der Waals surface area contributed by atoms with Crippen molar-refractivity contribution in [2.24, 2.45) is 7.05 Å². The zero-order valence-electron chi connectivity index (χ0n) is 15.8. The van der Waals surface area contributed by atoms with E-state index in [4.69, 9.17) is 11.6 Å². The Bertz CT molecular complexity index is 1220. The smallest absolute Gasteiger partial charge is 0.279 e. The van der Waals surface area contributed by atoms with E-state index in [1.165, 1.54) is 23.9 Å². The van der Waals surface area contributed by atoms with Crippen molar-refractivity contribution < 1.29 is 13.6 Å². The standard InChI is InChI=1S/C21H16ClF2N3O2S/c1-27-19-17(13(9-16(28)25-19)12-6-4-8-15(23)18(12)24)20(29)26-21(27)30-10-11-5-2-3-7-14(11)22/h2-8,13H,9-10H2,1H3,(H,25,28). The second-order valence-electron chi connectivity index (χ2n) is 6.85. The Morgan fingerprint density at radius 2 is 1.97 bits per heavy atom. The molecule has 30 heavy (non-hydrogen) atoms. The van der Waals surface area contributed by atoms with Crippen molar-refractivity contribution in [3.63, 3.8) is 0 Å². The minimum Gasteiger partial charge on any atom is -0.312 e. The summed E-state index contributed by atoms with van der Waals surface area (Å²) in [5, 5.41) is 3.66. The third kappa shape index (κ3) is 3.73. The number of aromatic nitrogens is 2. The summed E-state index contributed by atoms with van der Waals surface area (Å²) in [6.45, 7) is 0. The summed E-state index contributed by atoms with van der Waals surface area (Å²) in [5.41, 5.74) is 0.392. The number of hydrogen-bond acceptors (Lipinski definition) is 4. The minimum absolute atomic E-state index is 0.0403. The first-order valence-corrected chi connectivity index (χ1v) is 10.4. The molecule has 0 spiro atoms. The molecule has 0 fully saturated rings. The Hall–Kier alpha value is -2.71. The fourth-order valence-electron chi connectivity index (χ4n) is 3.48. The van der Waals surface area contributed by atoms with E-state index in [2.05, 4.69) is 10.3 Å². The number of nitrogens with one attached hydrogen (secondary N) is 1. The summed E-state index contributed by atoms with van der Waals surface area (Å²) in [7, 11) is 1.66. The monoisotopic (exact) mass is 447 g/mol. The molecule has 5 nitrogen and oxygen atoms in total. The summed E-state index contributed by atoms with van der Waals surface area (Å²) in [6.07, 6.45) is -0.170. The van der Waals surface area contributed by atoms with E-state index in [1.807, 2.05) is 18.2 Å². The Morgan fingerprint density at radius 1 is 1.20 bits per heavy atom. The Balaban J connectivity index is 1.76. The number of fused-ring (bicyclic) bond motifs is 1. The third-order valence-electron chi connectivity index (χ3n) is 4.97. The molecule has 1 aliphatic rings. The molecule has 1 atom stereocenters. The molecule has 0 radical (unpaired) electrons. The van der Waals surface area contributed by atoms with Crippen LogP contribution in [0.2, 0.25) is 5.02 Å². The first kappa shape index (κ1) is 20.6. The van der Waals surface area contributed by atoms with Crippen LogP contribution in [0.3, 0.4) is 0 Å². The lowest BCUT2D eigenvalue weighted by atomic mass is 9.86. The summed E-state index contributed by atoms with van der Waals surface area (Å²) in [4.78, 5) is 29.3. The molecule has 1 unspecified atom stereocenters. The van der Waals surface area contributed by atoms with Gasteiger partial charge in [0.2, 0.25) is 5.91 Å². The molecule has 154 valence electrons. The molecule has 2 heterocycles. The van der Waals surface area contributed by atoms with Crippen LogP contribution in [-0.2, 0) is 17.6 Å². The molecule has 3 aromatic rings. The first-order valence-electron chi connectivity index (χ1n) is 9.07. The van der Waals surface area contributed by atoms with Gasteiger partial charge in [0.15, 0.2) is 16.8 Å². The number of rotatable bonds is 4. The molecular weight excluding hydrogens is 432 g/mol. The lowest BCUT2D eigenvalue weighted by molar-refractivity contribution is -0.116. The zero-order valence-corrected chi connectivity index (χ0v) is 17.4. The summed E-state index contributed by atoms with van der Waals surface area (Å²) in [5.74, 6) is -2.70. The van der Waals surface area contributed by atoms with E-state index in [9.17, 15) is 18.4 Å². The second kappa shape index (κ2) is 8.20. The summed E-state index contributed by atoms with van der Waals surface area (Å²) in [6, 6.07) is 11.1. The third-order valence-corrected chi connectivity index (χ3v) is 6.42. The van der Waals surface area contributed by atoms with Crippen LogP contribution >= 0.6 is 23.4 Å². The van der Waals surface area contributed by atoms with Crippen molar-refractivity contribution in [1.82, 2.24) is 9.55 Å². The minimum atomic E-state index is -1.07. The van der Waals surface area contributed by atoms with Crippen LogP contribution in [0.5, 0.6) is 0 Å². The number of hydrogen-bond donors (Lipinski definition) is 1. The normalized spacial score (nSPS) is 15.6. The Labute approximate surface area is 180 Å². The van der Waals surface area contributed by atoms with Gasteiger partial charge in [-0.25, -0.2) is 8.78 Å². The fourth-order valence-corrected chi connectivity index (χ4v) is 4.73. The number of carbonyl (C=O) groups is 1. The molecule has 2 aromatic carbocycles. The van der Waals surface area contributed by atoms with Gasteiger partial charge in [-0.05, 0) is 23.3 Å². The highest BCUT2D eigenvalue weighted by Gasteiger charge is 2.34. The number of thioether (sulfide) groups is 1. The van der Waals surface area contributed by atoms with Gasteiger partial charge in [0, 0.05) is 30.2 Å². The Morgan fingerprint density at radius 3 is 2.73 bits per heavy atom. The van der Waals surface area contributed by atoms with Crippen molar-refractivity contribution in [2.75, 3.05) is 5.32 Å². The predicted molar refractivity (Wildman–Crippen MR) is 112 cm³/mol. The van der Waals surface area contributed by atoms with Gasteiger partial charge in [0.1, 0.15) is 5.82 Å². The van der Waals surface area contributed by atoms with Gasteiger partial charge in [-0.15, -0.1) is 0 Å². The average molecular weight is 448 g/mol. The first-order chi connectivity index (χ1) is 14.4. The maximum Gasteiger partial charge on any atom is 0.279 e. The van der Waals surface area contributed by atoms with Gasteiger partial charge < -0.3 is 9.88 Å². The number of benzene rings is 2. The zero-order chi connectivity index (χ0) is 21.4. The molecule has 0 aliphatic carbocycles. The SMILES string of the molecule is Cn1c(SCc2ccccc2Cl)nc(=O)c2c1NC(=O)CC2c1cccc(F)c1F. The lowest BCUT2D eigenvalue weighted by Crippen LogP contribution is -2.34. The van der Waals surface area contributed by atoms with Gasteiger partial charge in [0.05, 0.1) is 5.56 Å². The molecule has 1 aromatic heterocycles. The van der Waals surface area contributed by atoms with Crippen molar-refractivity contribution in [3.8, 4) is 0 Å². The van der Waals surface area contributed by atoms with Crippen molar-refractivity contribution >= 4 is 35.1 Å². The highest BCUT2D eigenvalue weighted by molar-refractivity contribution is 7.98. The van der Waals surface area contributed by atoms with Gasteiger partial charge in [-0.3, -0.25) is 9.59 Å². The molecule has 1 amide bonds.